The molecule has 0 unspecified atom stereocenters. The highest BCUT2D eigenvalue weighted by Gasteiger charge is 2.59. The first-order valence-corrected chi connectivity index (χ1v) is 13.1. The first kappa shape index (κ1) is 25.1. The number of fused-ring (bicyclic) bond motifs is 4. The van der Waals surface area contributed by atoms with Gasteiger partial charge in [0.2, 0.25) is 5.91 Å². The number of para-hydroxylation sites is 1. The number of benzene rings is 3. The van der Waals surface area contributed by atoms with Gasteiger partial charge in [-0.3, -0.25) is 9.69 Å². The van der Waals surface area contributed by atoms with E-state index in [9.17, 15) is 4.79 Å². The molecule has 0 aliphatic carbocycles. The van der Waals surface area contributed by atoms with Gasteiger partial charge in [0.15, 0.2) is 22.3 Å². The van der Waals surface area contributed by atoms with Crippen molar-refractivity contribution in [2.75, 3.05) is 16.8 Å². The average Bonchev–Trinajstić information content (AvgIpc) is 2.82. The van der Waals surface area contributed by atoms with Crippen LogP contribution in [0.15, 0.2) is 54.6 Å². The first-order chi connectivity index (χ1) is 17.6. The molecule has 2 aliphatic heterocycles. The van der Waals surface area contributed by atoms with Crippen LogP contribution in [-0.4, -0.2) is 23.4 Å². The number of amides is 1. The molecule has 2 aliphatic rings. The molecule has 1 amide bonds. The molecule has 5 rings (SSSR count). The minimum Gasteiger partial charge on any atom is -0.490 e. The van der Waals surface area contributed by atoms with Gasteiger partial charge in [-0.25, -0.2) is 0 Å². The summed E-state index contributed by atoms with van der Waals surface area (Å²) < 4.78 is 12.8. The summed E-state index contributed by atoms with van der Waals surface area (Å²) in [6.07, 6.45) is 0. The van der Waals surface area contributed by atoms with Crippen molar-refractivity contribution in [1.29, 1.82) is 0 Å². The summed E-state index contributed by atoms with van der Waals surface area (Å²) in [5, 5.41) is 7.19. The zero-order valence-electron chi connectivity index (χ0n) is 22.1. The van der Waals surface area contributed by atoms with Crippen LogP contribution < -0.4 is 25.0 Å². The Kier molecular flexibility index (Phi) is 6.36. The molecule has 1 saturated heterocycles. The molecule has 7 heteroatoms. The van der Waals surface area contributed by atoms with Gasteiger partial charge in [0, 0.05) is 16.9 Å². The molecule has 37 heavy (non-hydrogen) atoms. The van der Waals surface area contributed by atoms with Crippen LogP contribution in [-0.2, 0) is 4.79 Å². The summed E-state index contributed by atoms with van der Waals surface area (Å²) in [5.41, 5.74) is 5.77. The normalized spacial score (nSPS) is 22.0. The molecule has 6 nitrogen and oxygen atoms in total. The maximum atomic E-state index is 14.1. The highest BCUT2D eigenvalue weighted by atomic mass is 32.1. The number of nitrogens with zero attached hydrogens (tertiary/aromatic N) is 1. The Morgan fingerprint density at radius 3 is 2.46 bits per heavy atom. The largest absolute Gasteiger partial charge is 0.490 e. The minimum atomic E-state index is -1.12. The van der Waals surface area contributed by atoms with Gasteiger partial charge in [0.05, 0.1) is 12.6 Å². The molecular formula is C30H33N3O3S. The molecular weight excluding hydrogens is 482 g/mol. The number of nitrogens with one attached hydrogen (secondary N) is 2. The van der Waals surface area contributed by atoms with Crippen LogP contribution >= 0.6 is 12.2 Å². The fourth-order valence-corrected chi connectivity index (χ4v) is 6.03. The van der Waals surface area contributed by atoms with Crippen LogP contribution in [0.3, 0.4) is 0 Å². The molecule has 192 valence electrons. The van der Waals surface area contributed by atoms with Gasteiger partial charge in [-0.05, 0) is 83.1 Å². The molecule has 1 fully saturated rings. The van der Waals surface area contributed by atoms with E-state index in [1.807, 2.05) is 82.0 Å². The number of anilines is 2. The predicted octanol–water partition coefficient (Wildman–Crippen LogP) is 6.12. The number of thiocarbonyl (C=S) groups is 1. The van der Waals surface area contributed by atoms with Gasteiger partial charge in [-0.15, -0.1) is 0 Å². The standard InChI is InChI=1S/C30H33N3O3S/c1-7-35-24-10-8-9-21-26-25(28(34)31-22-13-11-17(2)15-19(22)4)30(6,36-27(21)24)33(29(37)32-26)23-14-12-18(3)16-20(23)5/h8-16,25-26H,7H2,1-6H3,(H,31,34)(H,32,37)/t25-,26+,30+/m1/s1. The molecule has 0 aromatic heterocycles. The summed E-state index contributed by atoms with van der Waals surface area (Å²) in [5.74, 6) is 0.526. The van der Waals surface area contributed by atoms with Crippen molar-refractivity contribution < 1.29 is 14.3 Å². The number of rotatable bonds is 5. The Bertz CT molecular complexity index is 1400. The summed E-state index contributed by atoms with van der Waals surface area (Å²) in [7, 11) is 0. The molecule has 2 bridgehead atoms. The third kappa shape index (κ3) is 4.21. The topological polar surface area (TPSA) is 62.8 Å². The van der Waals surface area contributed by atoms with Crippen LogP contribution in [0.1, 0.15) is 47.7 Å². The van der Waals surface area contributed by atoms with E-state index in [4.69, 9.17) is 21.7 Å². The van der Waals surface area contributed by atoms with Gasteiger partial charge in [-0.1, -0.05) is 47.5 Å². The zero-order chi connectivity index (χ0) is 26.5. The van der Waals surface area contributed by atoms with E-state index >= 15 is 0 Å². The molecule has 3 aromatic rings. The summed E-state index contributed by atoms with van der Waals surface area (Å²) in [4.78, 5) is 16.1. The Morgan fingerprint density at radius 2 is 1.78 bits per heavy atom. The van der Waals surface area contributed by atoms with Crippen molar-refractivity contribution in [2.24, 2.45) is 5.92 Å². The van der Waals surface area contributed by atoms with Crippen molar-refractivity contribution in [3.63, 3.8) is 0 Å². The van der Waals surface area contributed by atoms with Crippen molar-refractivity contribution in [3.05, 3.63) is 82.4 Å². The van der Waals surface area contributed by atoms with E-state index in [0.29, 0.717) is 23.2 Å². The molecule has 0 radical (unpaired) electrons. The third-order valence-electron chi connectivity index (χ3n) is 7.30. The zero-order valence-corrected chi connectivity index (χ0v) is 23.0. The van der Waals surface area contributed by atoms with Crippen molar-refractivity contribution in [3.8, 4) is 11.5 Å². The van der Waals surface area contributed by atoms with Crippen LogP contribution in [0.25, 0.3) is 0 Å². The van der Waals surface area contributed by atoms with E-state index in [1.54, 1.807) is 0 Å². The molecule has 3 atom stereocenters. The van der Waals surface area contributed by atoms with Crippen LogP contribution in [0.5, 0.6) is 11.5 Å². The Morgan fingerprint density at radius 1 is 1.08 bits per heavy atom. The summed E-state index contributed by atoms with van der Waals surface area (Å²) >= 11 is 5.92. The quantitative estimate of drug-likeness (QED) is 0.399. The van der Waals surface area contributed by atoms with E-state index in [0.717, 1.165) is 39.2 Å². The average molecular weight is 516 g/mol. The number of hydrogen-bond donors (Lipinski definition) is 2. The number of ether oxygens (including phenoxy) is 2. The molecule has 0 spiro atoms. The fourth-order valence-electron chi connectivity index (χ4n) is 5.62. The Balaban J connectivity index is 1.66. The van der Waals surface area contributed by atoms with E-state index in [2.05, 4.69) is 29.7 Å². The van der Waals surface area contributed by atoms with E-state index in [1.165, 1.54) is 0 Å². The molecule has 2 N–H and O–H groups in total. The predicted molar refractivity (Wildman–Crippen MR) is 152 cm³/mol. The second-order valence-electron chi connectivity index (χ2n) is 10.1. The van der Waals surface area contributed by atoms with E-state index in [-0.39, 0.29) is 5.91 Å². The number of carbonyl (C=O) groups is 1. The lowest BCUT2D eigenvalue weighted by Crippen LogP contribution is -2.72. The van der Waals surface area contributed by atoms with Crippen LogP contribution in [0.4, 0.5) is 11.4 Å². The van der Waals surface area contributed by atoms with Crippen LogP contribution in [0, 0.1) is 33.6 Å². The second-order valence-corrected chi connectivity index (χ2v) is 10.5. The Hall–Kier alpha value is -3.58. The lowest BCUT2D eigenvalue weighted by Gasteiger charge is -2.56. The highest BCUT2D eigenvalue weighted by molar-refractivity contribution is 7.80. The fraction of sp³-hybridized carbons (Fsp3) is 0.333. The first-order valence-electron chi connectivity index (χ1n) is 12.6. The minimum absolute atomic E-state index is 0.142. The lowest BCUT2D eigenvalue weighted by molar-refractivity contribution is -0.130. The van der Waals surface area contributed by atoms with E-state index < -0.39 is 17.7 Å². The monoisotopic (exact) mass is 515 g/mol. The van der Waals surface area contributed by atoms with Crippen molar-refractivity contribution in [2.45, 2.75) is 53.3 Å². The SMILES string of the molecule is CCOc1cccc2c1O[C@@]1(C)[C@@H](C(=O)Nc3ccc(C)cc3C)[C@H]2NC(=S)N1c1ccc(C)cc1C. The van der Waals surface area contributed by atoms with Gasteiger partial charge < -0.3 is 20.1 Å². The maximum absolute atomic E-state index is 14.1. The maximum Gasteiger partial charge on any atom is 0.236 e. The number of carbonyl (C=O) groups excluding carboxylic acids is 1. The summed E-state index contributed by atoms with van der Waals surface area (Å²) in [6, 6.07) is 17.6. The molecule has 3 aromatic carbocycles. The lowest BCUT2D eigenvalue weighted by atomic mass is 9.78. The van der Waals surface area contributed by atoms with Gasteiger partial charge in [-0.2, -0.15) is 0 Å². The number of hydrogen-bond acceptors (Lipinski definition) is 4. The van der Waals surface area contributed by atoms with Gasteiger partial charge >= 0.3 is 0 Å². The van der Waals surface area contributed by atoms with Crippen LogP contribution in [0.2, 0.25) is 0 Å². The van der Waals surface area contributed by atoms with Crippen molar-refractivity contribution in [1.82, 2.24) is 5.32 Å². The Labute approximate surface area is 224 Å². The van der Waals surface area contributed by atoms with Gasteiger partial charge in [0.1, 0.15) is 5.92 Å². The molecule has 0 saturated carbocycles. The summed E-state index contributed by atoms with van der Waals surface area (Å²) in [6.45, 7) is 12.5. The third-order valence-corrected chi connectivity index (χ3v) is 7.61. The van der Waals surface area contributed by atoms with Gasteiger partial charge in [0.25, 0.3) is 0 Å². The molecule has 2 heterocycles. The number of aryl methyl sites for hydroxylation is 4. The smallest absolute Gasteiger partial charge is 0.236 e. The second kappa shape index (κ2) is 9.38. The van der Waals surface area contributed by atoms with Crippen molar-refractivity contribution >= 4 is 34.6 Å². The highest BCUT2D eigenvalue weighted by Crippen LogP contribution is 2.53.